The van der Waals surface area contributed by atoms with Gasteiger partial charge >= 0.3 is 5.97 Å². The highest BCUT2D eigenvalue weighted by Gasteiger charge is 2.30. The number of hydrogen-bond donors (Lipinski definition) is 2. The van der Waals surface area contributed by atoms with Crippen LogP contribution in [0.2, 0.25) is 5.02 Å². The number of amides is 2. The van der Waals surface area contributed by atoms with Crippen LogP contribution in [0.15, 0.2) is 18.2 Å². The van der Waals surface area contributed by atoms with Crippen molar-refractivity contribution in [3.05, 3.63) is 28.8 Å². The number of nitrogens with zero attached hydrogens (tertiary/aromatic N) is 1. The van der Waals surface area contributed by atoms with Crippen LogP contribution in [0.4, 0.5) is 5.69 Å². The molecule has 0 spiro atoms. The summed E-state index contributed by atoms with van der Waals surface area (Å²) >= 11 is 5.88. The molecular weight excluding hydrogens is 322 g/mol. The van der Waals surface area contributed by atoms with Gasteiger partial charge in [0, 0.05) is 12.1 Å². The zero-order valence-electron chi connectivity index (χ0n) is 12.3. The quantitative estimate of drug-likeness (QED) is 0.808. The largest absolute Gasteiger partial charge is 0.451 e. The van der Waals surface area contributed by atoms with Crippen molar-refractivity contribution >= 4 is 35.1 Å². The summed E-state index contributed by atoms with van der Waals surface area (Å²) in [5.41, 5.74) is 0.678. The minimum absolute atomic E-state index is 0.212. The van der Waals surface area contributed by atoms with E-state index in [1.165, 1.54) is 25.1 Å². The van der Waals surface area contributed by atoms with Crippen LogP contribution in [0.3, 0.4) is 0 Å². The van der Waals surface area contributed by atoms with E-state index < -0.39 is 24.0 Å². The number of carbonyl (C=O) groups excluding carboxylic acids is 3. The Bertz CT molecular complexity index is 698. The predicted octanol–water partition coefficient (Wildman–Crippen LogP) is 1.36. The van der Waals surface area contributed by atoms with Gasteiger partial charge in [0.15, 0.2) is 6.10 Å². The lowest BCUT2D eigenvalue weighted by atomic mass is 10.2. The molecule has 1 saturated heterocycles. The third-order valence-corrected chi connectivity index (χ3v) is 3.61. The van der Waals surface area contributed by atoms with E-state index in [9.17, 15) is 14.4 Å². The normalized spacial score (nSPS) is 17.8. The molecule has 23 heavy (non-hydrogen) atoms. The van der Waals surface area contributed by atoms with Crippen molar-refractivity contribution in [2.45, 2.75) is 31.9 Å². The van der Waals surface area contributed by atoms with E-state index in [4.69, 9.17) is 21.6 Å². The zero-order valence-corrected chi connectivity index (χ0v) is 13.0. The molecule has 2 N–H and O–H groups in total. The molecule has 1 aromatic rings. The number of halogens is 1. The molecule has 0 aliphatic carbocycles. The molecule has 0 bridgehead atoms. The topological polar surface area (TPSA) is 108 Å². The summed E-state index contributed by atoms with van der Waals surface area (Å²) < 4.78 is 5.04. The number of nitriles is 1. The summed E-state index contributed by atoms with van der Waals surface area (Å²) in [6, 6.07) is 5.64. The van der Waals surface area contributed by atoms with E-state index in [-0.39, 0.29) is 17.4 Å². The lowest BCUT2D eigenvalue weighted by molar-refractivity contribution is -0.155. The molecule has 0 radical (unpaired) electrons. The second-order valence-electron chi connectivity index (χ2n) is 5.03. The second-order valence-corrected chi connectivity index (χ2v) is 5.44. The molecular formula is C15H14ClN3O4. The summed E-state index contributed by atoms with van der Waals surface area (Å²) in [6.07, 6.45) is -0.407. The molecule has 1 aromatic carbocycles. The van der Waals surface area contributed by atoms with Crippen molar-refractivity contribution in [2.75, 3.05) is 5.32 Å². The van der Waals surface area contributed by atoms with Crippen molar-refractivity contribution in [1.82, 2.24) is 5.32 Å². The third kappa shape index (κ3) is 4.20. The maximum atomic E-state index is 12.0. The number of ether oxygens (including phenoxy) is 1. The number of carbonyl (C=O) groups is 3. The van der Waals surface area contributed by atoms with Gasteiger partial charge in [0.1, 0.15) is 12.1 Å². The summed E-state index contributed by atoms with van der Waals surface area (Å²) in [5, 5.41) is 14.0. The first-order valence-corrected chi connectivity index (χ1v) is 7.29. The fourth-order valence-electron chi connectivity index (χ4n) is 2.03. The second kappa shape index (κ2) is 7.11. The molecule has 2 amide bonds. The van der Waals surface area contributed by atoms with E-state index in [1.54, 1.807) is 0 Å². The van der Waals surface area contributed by atoms with Crippen LogP contribution in [0, 0.1) is 11.3 Å². The molecule has 1 aliphatic rings. The van der Waals surface area contributed by atoms with Gasteiger partial charge in [-0.25, -0.2) is 4.79 Å². The van der Waals surface area contributed by atoms with Gasteiger partial charge in [-0.1, -0.05) is 11.6 Å². The molecule has 1 fully saturated rings. The molecule has 2 rings (SSSR count). The van der Waals surface area contributed by atoms with Crippen LogP contribution in [0.1, 0.15) is 25.3 Å². The van der Waals surface area contributed by atoms with E-state index in [2.05, 4.69) is 10.6 Å². The molecule has 0 unspecified atom stereocenters. The highest BCUT2D eigenvalue weighted by Crippen LogP contribution is 2.20. The number of benzene rings is 1. The summed E-state index contributed by atoms with van der Waals surface area (Å²) in [4.78, 5) is 34.9. The predicted molar refractivity (Wildman–Crippen MR) is 81.5 cm³/mol. The van der Waals surface area contributed by atoms with Gasteiger partial charge in [-0.3, -0.25) is 9.59 Å². The van der Waals surface area contributed by atoms with Crippen LogP contribution in [0.5, 0.6) is 0 Å². The van der Waals surface area contributed by atoms with Crippen molar-refractivity contribution in [1.29, 1.82) is 5.26 Å². The Morgan fingerprint density at radius 3 is 2.83 bits per heavy atom. The Hall–Kier alpha value is -2.59. The van der Waals surface area contributed by atoms with E-state index >= 15 is 0 Å². The molecule has 0 saturated carbocycles. The van der Waals surface area contributed by atoms with Gasteiger partial charge in [0.25, 0.3) is 5.91 Å². The molecule has 1 heterocycles. The fraction of sp³-hybridized carbons (Fsp3) is 0.333. The smallest absolute Gasteiger partial charge is 0.329 e. The highest BCUT2D eigenvalue weighted by molar-refractivity contribution is 6.32. The number of esters is 1. The van der Waals surface area contributed by atoms with E-state index in [0.29, 0.717) is 17.7 Å². The van der Waals surface area contributed by atoms with Crippen LogP contribution in [-0.2, 0) is 19.1 Å². The van der Waals surface area contributed by atoms with Gasteiger partial charge in [-0.2, -0.15) is 5.26 Å². The van der Waals surface area contributed by atoms with Gasteiger partial charge in [-0.15, -0.1) is 0 Å². The van der Waals surface area contributed by atoms with E-state index in [1.807, 2.05) is 6.07 Å². The number of rotatable bonds is 4. The number of hydrogen-bond acceptors (Lipinski definition) is 5. The van der Waals surface area contributed by atoms with Crippen molar-refractivity contribution in [3.8, 4) is 6.07 Å². The molecule has 1 aliphatic heterocycles. The van der Waals surface area contributed by atoms with Gasteiger partial charge in [0.2, 0.25) is 5.91 Å². The third-order valence-electron chi connectivity index (χ3n) is 3.30. The molecule has 120 valence electrons. The standard InChI is InChI=1S/C15H14ClN3O4/c1-8(23-15(22)12-4-5-13(20)19-12)14(21)18-10-3-2-9(7-17)11(16)6-10/h2-3,6,8,12H,4-5H2,1H3,(H,18,21)(H,19,20)/t8-,12-/m0/s1. The van der Waals surface area contributed by atoms with Crippen LogP contribution in [0.25, 0.3) is 0 Å². The monoisotopic (exact) mass is 335 g/mol. The zero-order chi connectivity index (χ0) is 17.0. The summed E-state index contributed by atoms with van der Waals surface area (Å²) in [5.74, 6) is -1.39. The van der Waals surface area contributed by atoms with Crippen molar-refractivity contribution < 1.29 is 19.1 Å². The van der Waals surface area contributed by atoms with Gasteiger partial charge in [0.05, 0.1) is 10.6 Å². The maximum Gasteiger partial charge on any atom is 0.329 e. The summed E-state index contributed by atoms with van der Waals surface area (Å²) in [6.45, 7) is 1.43. The van der Waals surface area contributed by atoms with Crippen LogP contribution >= 0.6 is 11.6 Å². The minimum atomic E-state index is -1.03. The summed E-state index contributed by atoms with van der Waals surface area (Å²) in [7, 11) is 0. The molecule has 0 aromatic heterocycles. The maximum absolute atomic E-state index is 12.0. The number of anilines is 1. The highest BCUT2D eigenvalue weighted by atomic mass is 35.5. The Labute approximate surface area is 137 Å². The Kier molecular flexibility index (Phi) is 5.19. The van der Waals surface area contributed by atoms with Gasteiger partial charge < -0.3 is 15.4 Å². The average molecular weight is 336 g/mol. The number of nitrogens with one attached hydrogen (secondary N) is 2. The lowest BCUT2D eigenvalue weighted by Crippen LogP contribution is -2.39. The van der Waals surface area contributed by atoms with Gasteiger partial charge in [-0.05, 0) is 31.5 Å². The molecule has 2 atom stereocenters. The minimum Gasteiger partial charge on any atom is -0.451 e. The first-order chi connectivity index (χ1) is 10.9. The average Bonchev–Trinajstić information content (AvgIpc) is 2.94. The SMILES string of the molecule is C[C@H](OC(=O)[C@@H]1CCC(=O)N1)C(=O)Nc1ccc(C#N)c(Cl)c1. The first-order valence-electron chi connectivity index (χ1n) is 6.91. The van der Waals surface area contributed by atoms with Crippen LogP contribution < -0.4 is 10.6 Å². The Morgan fingerprint density at radius 1 is 1.52 bits per heavy atom. The first kappa shape index (κ1) is 16.8. The van der Waals surface area contributed by atoms with Crippen molar-refractivity contribution in [3.63, 3.8) is 0 Å². The van der Waals surface area contributed by atoms with Crippen molar-refractivity contribution in [2.24, 2.45) is 0 Å². The fourth-order valence-corrected chi connectivity index (χ4v) is 2.25. The Balaban J connectivity index is 1.92. The molecule has 7 nitrogen and oxygen atoms in total. The van der Waals surface area contributed by atoms with E-state index in [0.717, 1.165) is 0 Å². The molecule has 8 heteroatoms. The van der Waals surface area contributed by atoms with Crippen LogP contribution in [-0.4, -0.2) is 29.9 Å². The lowest BCUT2D eigenvalue weighted by Gasteiger charge is -2.16. The Morgan fingerprint density at radius 2 is 2.26 bits per heavy atom.